The summed E-state index contributed by atoms with van der Waals surface area (Å²) in [4.78, 5) is 23.0. The zero-order valence-electron chi connectivity index (χ0n) is 14.7. The number of halogens is 1. The molecule has 7 nitrogen and oxygen atoms in total. The van der Waals surface area contributed by atoms with Crippen LogP contribution in [0.25, 0.3) is 0 Å². The van der Waals surface area contributed by atoms with Gasteiger partial charge in [-0.15, -0.1) is 0 Å². The first-order chi connectivity index (χ1) is 11.5. The van der Waals surface area contributed by atoms with E-state index in [0.717, 1.165) is 6.07 Å². The molecule has 0 heterocycles. The van der Waals surface area contributed by atoms with Gasteiger partial charge in [0.1, 0.15) is 17.5 Å². The molecule has 2 unspecified atom stereocenters. The molecule has 0 saturated heterocycles. The molecule has 1 amide bonds. The largest absolute Gasteiger partial charge is 0.466 e. The molecule has 0 spiro atoms. The summed E-state index contributed by atoms with van der Waals surface area (Å²) in [5, 5.41) is 22.1. The van der Waals surface area contributed by atoms with Crippen molar-refractivity contribution in [2.45, 2.75) is 51.9 Å². The van der Waals surface area contributed by atoms with E-state index in [1.165, 1.54) is 12.1 Å². The maximum absolute atomic E-state index is 14.1. The van der Waals surface area contributed by atoms with Gasteiger partial charge >= 0.3 is 12.1 Å². The van der Waals surface area contributed by atoms with Crippen molar-refractivity contribution in [3.63, 3.8) is 0 Å². The molecular weight excluding hydrogens is 333 g/mol. The molecule has 0 aromatic heterocycles. The summed E-state index contributed by atoms with van der Waals surface area (Å²) in [5.41, 5.74) is -0.803. The van der Waals surface area contributed by atoms with Gasteiger partial charge in [-0.2, -0.15) is 0 Å². The van der Waals surface area contributed by atoms with Crippen LogP contribution in [0.4, 0.5) is 14.9 Å². The molecule has 0 bridgehead atoms. The topological polar surface area (TPSA) is 105 Å². The normalized spacial score (nSPS) is 13.7. The van der Waals surface area contributed by atoms with Crippen LogP contribution in [0.1, 0.15) is 45.8 Å². The zero-order chi connectivity index (χ0) is 19.2. The van der Waals surface area contributed by atoms with Crippen molar-refractivity contribution in [2.24, 2.45) is 0 Å². The molecule has 0 aliphatic carbocycles. The summed E-state index contributed by atoms with van der Waals surface area (Å²) < 4.78 is 23.8. The van der Waals surface area contributed by atoms with E-state index in [-0.39, 0.29) is 17.9 Å². The molecule has 0 radical (unpaired) electrons. The standard InChI is InChI=1S/C17H24FNO6/c1-5-24-14(21)9-13(20)15(22)10-6-7-12(11(18)8-10)19-16(23)25-17(2,3)4/h6-8,13,15,20,22H,5,9H2,1-4H3,(H,19,23). The van der Waals surface area contributed by atoms with E-state index >= 15 is 0 Å². The molecule has 2 atom stereocenters. The van der Waals surface area contributed by atoms with Gasteiger partial charge in [0.2, 0.25) is 0 Å². The lowest BCUT2D eigenvalue weighted by molar-refractivity contribution is -0.147. The number of esters is 1. The van der Waals surface area contributed by atoms with Gasteiger partial charge in [-0.25, -0.2) is 9.18 Å². The number of aliphatic hydroxyl groups excluding tert-OH is 2. The molecule has 1 aromatic carbocycles. The second kappa shape index (κ2) is 8.77. The smallest absolute Gasteiger partial charge is 0.412 e. The van der Waals surface area contributed by atoms with Crippen LogP contribution < -0.4 is 5.32 Å². The number of ether oxygens (including phenoxy) is 2. The molecule has 0 fully saturated rings. The van der Waals surface area contributed by atoms with Crippen LogP contribution in [0, 0.1) is 5.82 Å². The molecule has 8 heteroatoms. The molecular formula is C17H24FNO6. The molecule has 0 aliphatic heterocycles. The Labute approximate surface area is 145 Å². The van der Waals surface area contributed by atoms with Crippen LogP contribution in [0.2, 0.25) is 0 Å². The fourth-order valence-corrected chi connectivity index (χ4v) is 1.95. The molecule has 25 heavy (non-hydrogen) atoms. The Morgan fingerprint density at radius 1 is 1.28 bits per heavy atom. The molecule has 140 valence electrons. The number of aliphatic hydroxyl groups is 2. The van der Waals surface area contributed by atoms with Crippen molar-refractivity contribution < 1.29 is 33.7 Å². The number of hydrogen-bond donors (Lipinski definition) is 3. The monoisotopic (exact) mass is 357 g/mol. The van der Waals surface area contributed by atoms with Crippen LogP contribution >= 0.6 is 0 Å². The maximum Gasteiger partial charge on any atom is 0.412 e. The summed E-state index contributed by atoms with van der Waals surface area (Å²) in [6.07, 6.45) is -4.16. The average molecular weight is 357 g/mol. The van der Waals surface area contributed by atoms with E-state index in [0.29, 0.717) is 0 Å². The first-order valence-electron chi connectivity index (χ1n) is 7.84. The highest BCUT2D eigenvalue weighted by Crippen LogP contribution is 2.24. The minimum atomic E-state index is -1.48. The third-order valence-corrected chi connectivity index (χ3v) is 3.02. The number of nitrogens with one attached hydrogen (secondary N) is 1. The van der Waals surface area contributed by atoms with Crippen LogP contribution in [0.5, 0.6) is 0 Å². The van der Waals surface area contributed by atoms with E-state index in [2.05, 4.69) is 10.1 Å². The van der Waals surface area contributed by atoms with Crippen molar-refractivity contribution in [3.8, 4) is 0 Å². The maximum atomic E-state index is 14.1. The lowest BCUT2D eigenvalue weighted by Crippen LogP contribution is -2.27. The Bertz CT molecular complexity index is 614. The Balaban J connectivity index is 2.77. The highest BCUT2D eigenvalue weighted by Gasteiger charge is 2.23. The second-order valence-corrected chi connectivity index (χ2v) is 6.39. The van der Waals surface area contributed by atoms with E-state index in [9.17, 15) is 24.2 Å². The third-order valence-electron chi connectivity index (χ3n) is 3.02. The number of rotatable bonds is 6. The predicted octanol–water partition coefficient (Wildman–Crippen LogP) is 2.52. The Hall–Kier alpha value is -2.19. The van der Waals surface area contributed by atoms with Gasteiger partial charge in [0.25, 0.3) is 0 Å². The summed E-state index contributed by atoms with van der Waals surface area (Å²) in [5.74, 6) is -1.48. The molecule has 3 N–H and O–H groups in total. The summed E-state index contributed by atoms with van der Waals surface area (Å²) >= 11 is 0. The van der Waals surface area contributed by atoms with E-state index < -0.39 is 42.1 Å². The van der Waals surface area contributed by atoms with Crippen molar-refractivity contribution in [1.29, 1.82) is 0 Å². The number of benzene rings is 1. The lowest BCUT2D eigenvalue weighted by Gasteiger charge is -2.20. The summed E-state index contributed by atoms with van der Waals surface area (Å²) in [6.45, 7) is 6.79. The second-order valence-electron chi connectivity index (χ2n) is 6.39. The van der Waals surface area contributed by atoms with Gasteiger partial charge in [-0.3, -0.25) is 10.1 Å². The highest BCUT2D eigenvalue weighted by atomic mass is 19.1. The summed E-state index contributed by atoms with van der Waals surface area (Å²) in [7, 11) is 0. The van der Waals surface area contributed by atoms with Crippen LogP contribution in [0.3, 0.4) is 0 Å². The average Bonchev–Trinajstić information content (AvgIpc) is 2.46. The van der Waals surface area contributed by atoms with Crippen LogP contribution in [-0.4, -0.2) is 40.6 Å². The molecule has 1 rings (SSSR count). The van der Waals surface area contributed by atoms with E-state index in [1.54, 1.807) is 27.7 Å². The Morgan fingerprint density at radius 3 is 2.44 bits per heavy atom. The van der Waals surface area contributed by atoms with Gasteiger partial charge in [-0.1, -0.05) is 6.07 Å². The fourth-order valence-electron chi connectivity index (χ4n) is 1.95. The minimum Gasteiger partial charge on any atom is -0.466 e. The van der Waals surface area contributed by atoms with Crippen molar-refractivity contribution in [2.75, 3.05) is 11.9 Å². The zero-order valence-corrected chi connectivity index (χ0v) is 14.7. The highest BCUT2D eigenvalue weighted by molar-refractivity contribution is 5.85. The number of anilines is 1. The first-order valence-corrected chi connectivity index (χ1v) is 7.84. The van der Waals surface area contributed by atoms with Crippen molar-refractivity contribution in [1.82, 2.24) is 0 Å². The van der Waals surface area contributed by atoms with Crippen molar-refractivity contribution in [3.05, 3.63) is 29.6 Å². The quantitative estimate of drug-likeness (QED) is 0.676. The fraction of sp³-hybridized carbons (Fsp3) is 0.529. The van der Waals surface area contributed by atoms with Gasteiger partial charge in [0, 0.05) is 0 Å². The van der Waals surface area contributed by atoms with Crippen LogP contribution in [-0.2, 0) is 14.3 Å². The van der Waals surface area contributed by atoms with E-state index in [4.69, 9.17) is 4.74 Å². The Kier molecular flexibility index (Phi) is 7.32. The number of carbonyl (C=O) groups excluding carboxylic acids is 2. The lowest BCUT2D eigenvalue weighted by atomic mass is 10.0. The van der Waals surface area contributed by atoms with E-state index in [1.807, 2.05) is 0 Å². The number of hydrogen-bond acceptors (Lipinski definition) is 6. The summed E-state index contributed by atoms with van der Waals surface area (Å²) in [6, 6.07) is 3.52. The molecule has 0 aliphatic rings. The first kappa shape index (κ1) is 20.9. The van der Waals surface area contributed by atoms with Gasteiger partial charge < -0.3 is 19.7 Å². The van der Waals surface area contributed by atoms with Gasteiger partial charge in [0.15, 0.2) is 0 Å². The van der Waals surface area contributed by atoms with Crippen LogP contribution in [0.15, 0.2) is 18.2 Å². The number of carbonyl (C=O) groups is 2. The SMILES string of the molecule is CCOC(=O)CC(O)C(O)c1ccc(NC(=O)OC(C)(C)C)c(F)c1. The van der Waals surface area contributed by atoms with Crippen molar-refractivity contribution >= 4 is 17.7 Å². The minimum absolute atomic E-state index is 0.0593. The van der Waals surface area contributed by atoms with Gasteiger partial charge in [-0.05, 0) is 45.4 Å². The predicted molar refractivity (Wildman–Crippen MR) is 88.5 cm³/mol. The Morgan fingerprint density at radius 2 is 1.92 bits per heavy atom. The molecule has 0 saturated carbocycles. The number of amides is 1. The molecule has 1 aromatic rings. The van der Waals surface area contributed by atoms with Gasteiger partial charge in [0.05, 0.1) is 24.8 Å². The third kappa shape index (κ3) is 7.06.